The molecule has 0 aliphatic heterocycles. The molecule has 57 heavy (non-hydrogen) atoms. The van der Waals surface area contributed by atoms with E-state index in [-0.39, 0.29) is 0 Å². The Morgan fingerprint density at radius 1 is 0.474 bits per heavy atom. The number of nitrogens with zero attached hydrogens (tertiary/aromatic N) is 4. The Hall–Kier alpha value is -6.21. The van der Waals surface area contributed by atoms with Gasteiger partial charge in [0.15, 0.2) is 5.82 Å². The number of hydrogen-bond donors (Lipinski definition) is 0. The molecule has 4 nitrogen and oxygen atoms in total. The van der Waals surface area contributed by atoms with Crippen molar-refractivity contribution in [1.29, 1.82) is 0 Å². The van der Waals surface area contributed by atoms with Gasteiger partial charge in [0.1, 0.15) is 11.0 Å². The van der Waals surface area contributed by atoms with Crippen molar-refractivity contribution in [2.75, 3.05) is 0 Å². The van der Waals surface area contributed by atoms with E-state index in [4.69, 9.17) is 13.7 Å². The van der Waals surface area contributed by atoms with Gasteiger partial charge in [-0.2, -0.15) is 8.75 Å². The Kier molecular flexibility index (Phi) is 8.60. The molecule has 7 aromatic carbocycles. The molecular weight excluding hydrogens is 733 g/mol. The van der Waals surface area contributed by atoms with Gasteiger partial charge in [0.2, 0.25) is 0 Å². The molecule has 1 saturated carbocycles. The highest BCUT2D eigenvalue weighted by Crippen LogP contribution is 2.46. The topological polar surface area (TPSA) is 43.6 Å². The SMILES string of the molecule is c1ccc(C(=C(c2ccccc2)c2ccc(-c3ccc(-c4nc5c6ccccc6c6ccccc6c5n4C4CCCCC4)s3)c3nsnc23)c2ccccc2)cc1. The van der Waals surface area contributed by atoms with Crippen LogP contribution >= 0.6 is 23.1 Å². The monoisotopic (exact) mass is 770 g/mol. The van der Waals surface area contributed by atoms with Crippen molar-refractivity contribution in [3.05, 3.63) is 186 Å². The highest BCUT2D eigenvalue weighted by Gasteiger charge is 2.27. The molecule has 6 heteroatoms. The normalized spacial score (nSPS) is 13.5. The van der Waals surface area contributed by atoms with Crippen LogP contribution in [-0.2, 0) is 0 Å². The largest absolute Gasteiger partial charge is 0.320 e. The minimum absolute atomic E-state index is 0.411. The van der Waals surface area contributed by atoms with Gasteiger partial charge in [-0.05, 0) is 63.6 Å². The van der Waals surface area contributed by atoms with E-state index in [1.807, 2.05) is 11.3 Å². The van der Waals surface area contributed by atoms with Crippen molar-refractivity contribution in [2.24, 2.45) is 0 Å². The Labute approximate surface area is 339 Å². The molecule has 0 spiro atoms. The van der Waals surface area contributed by atoms with E-state index >= 15 is 0 Å². The van der Waals surface area contributed by atoms with E-state index in [1.54, 1.807) is 0 Å². The summed E-state index contributed by atoms with van der Waals surface area (Å²) < 4.78 is 12.7. The van der Waals surface area contributed by atoms with Crippen LogP contribution in [0.5, 0.6) is 0 Å². The number of fused-ring (bicyclic) bond motifs is 7. The number of aromatic nitrogens is 4. The summed E-state index contributed by atoms with van der Waals surface area (Å²) in [5, 5.41) is 5.06. The number of imidazole rings is 1. The highest BCUT2D eigenvalue weighted by molar-refractivity contribution is 7.18. The van der Waals surface area contributed by atoms with Crippen LogP contribution in [0.4, 0.5) is 0 Å². The zero-order chi connectivity index (χ0) is 37.7. The summed E-state index contributed by atoms with van der Waals surface area (Å²) in [5.41, 5.74) is 12.2. The molecule has 3 aromatic heterocycles. The number of benzene rings is 7. The molecule has 0 atom stereocenters. The fraction of sp³-hybridized carbons (Fsp3) is 0.118. The minimum atomic E-state index is 0.411. The fourth-order valence-corrected chi connectivity index (χ4v) is 10.8. The predicted octanol–water partition coefficient (Wildman–Crippen LogP) is 14.3. The van der Waals surface area contributed by atoms with Crippen LogP contribution in [0.1, 0.15) is 60.4 Å². The molecule has 3 heterocycles. The molecule has 0 amide bonds. The lowest BCUT2D eigenvalue weighted by atomic mass is 9.85. The second kappa shape index (κ2) is 14.4. The zero-order valence-corrected chi connectivity index (χ0v) is 32.9. The summed E-state index contributed by atoms with van der Waals surface area (Å²) in [6.45, 7) is 0. The van der Waals surface area contributed by atoms with Gasteiger partial charge in [-0.15, -0.1) is 11.3 Å². The molecule has 0 bridgehead atoms. The molecule has 11 rings (SSSR count). The molecule has 1 aliphatic carbocycles. The van der Waals surface area contributed by atoms with E-state index in [1.165, 1.54) is 86.2 Å². The van der Waals surface area contributed by atoms with Gasteiger partial charge in [-0.1, -0.05) is 171 Å². The molecular formula is C51H38N4S2. The van der Waals surface area contributed by atoms with Crippen molar-refractivity contribution in [3.63, 3.8) is 0 Å². The number of thiophene rings is 1. The molecule has 0 radical (unpaired) electrons. The first-order valence-electron chi connectivity index (χ1n) is 19.9. The zero-order valence-electron chi connectivity index (χ0n) is 31.3. The average Bonchev–Trinajstić information content (AvgIpc) is 4.07. The minimum Gasteiger partial charge on any atom is -0.320 e. The third-order valence-corrected chi connectivity index (χ3v) is 13.4. The second-order valence-electron chi connectivity index (χ2n) is 15.0. The van der Waals surface area contributed by atoms with Crippen LogP contribution in [0.2, 0.25) is 0 Å². The summed E-state index contributed by atoms with van der Waals surface area (Å²) in [6.07, 6.45) is 6.16. The van der Waals surface area contributed by atoms with Gasteiger partial charge in [0, 0.05) is 32.8 Å². The van der Waals surface area contributed by atoms with Gasteiger partial charge < -0.3 is 4.57 Å². The summed E-state index contributed by atoms with van der Waals surface area (Å²) in [4.78, 5) is 7.94. The summed E-state index contributed by atoms with van der Waals surface area (Å²) >= 11 is 3.10. The maximum atomic E-state index is 5.58. The summed E-state index contributed by atoms with van der Waals surface area (Å²) in [5.74, 6) is 1.07. The van der Waals surface area contributed by atoms with Crippen LogP contribution in [0, 0.1) is 0 Å². The standard InChI is InChI=1S/C51H38N4S2/c1-5-17-33(18-6-1)45(34-19-7-2-8-20-34)46(35-21-9-3-10-22-35)42-30-29-41(47-48(42)54-57-53-47)43-31-32-44(56-43)51-52-49-39-27-15-13-25-37(39)38-26-14-16-28-40(38)50(49)55(51)36-23-11-4-12-24-36/h1-3,5-10,13-22,25-32,36H,4,11-12,23-24H2. The molecule has 1 aliphatic rings. The first kappa shape index (κ1) is 34.1. The third-order valence-electron chi connectivity index (χ3n) is 11.7. The van der Waals surface area contributed by atoms with E-state index < -0.39 is 0 Å². The van der Waals surface area contributed by atoms with E-state index in [0.29, 0.717) is 6.04 Å². The molecule has 0 N–H and O–H groups in total. The van der Waals surface area contributed by atoms with Crippen molar-refractivity contribution in [2.45, 2.75) is 38.1 Å². The lowest BCUT2D eigenvalue weighted by Crippen LogP contribution is -2.13. The summed E-state index contributed by atoms with van der Waals surface area (Å²) in [7, 11) is 0. The lowest BCUT2D eigenvalue weighted by molar-refractivity contribution is 0.362. The van der Waals surface area contributed by atoms with E-state index in [9.17, 15) is 0 Å². The molecule has 274 valence electrons. The van der Waals surface area contributed by atoms with Gasteiger partial charge in [0.25, 0.3) is 0 Å². The second-order valence-corrected chi connectivity index (χ2v) is 16.6. The molecule has 0 unspecified atom stereocenters. The summed E-state index contributed by atoms with van der Waals surface area (Å²) in [6, 6.07) is 59.4. The maximum Gasteiger partial charge on any atom is 0.151 e. The van der Waals surface area contributed by atoms with E-state index in [2.05, 4.69) is 168 Å². The molecule has 1 fully saturated rings. The smallest absolute Gasteiger partial charge is 0.151 e. The van der Waals surface area contributed by atoms with Crippen LogP contribution in [0.25, 0.3) is 75.9 Å². The van der Waals surface area contributed by atoms with Crippen molar-refractivity contribution in [1.82, 2.24) is 18.3 Å². The van der Waals surface area contributed by atoms with Gasteiger partial charge in [-0.3, -0.25) is 0 Å². The first-order valence-corrected chi connectivity index (χ1v) is 21.4. The fourth-order valence-electron chi connectivity index (χ4n) is 9.17. The van der Waals surface area contributed by atoms with Crippen molar-refractivity contribution < 1.29 is 0 Å². The molecule has 0 saturated heterocycles. The van der Waals surface area contributed by atoms with Gasteiger partial charge in [0.05, 0.1) is 27.6 Å². The van der Waals surface area contributed by atoms with Crippen molar-refractivity contribution in [3.8, 4) is 21.1 Å². The van der Waals surface area contributed by atoms with Crippen LogP contribution in [0.15, 0.2) is 164 Å². The quantitative estimate of drug-likeness (QED) is 0.120. The Balaban J connectivity index is 1.11. The van der Waals surface area contributed by atoms with Crippen LogP contribution in [0.3, 0.4) is 0 Å². The Morgan fingerprint density at radius 2 is 1.02 bits per heavy atom. The van der Waals surface area contributed by atoms with Gasteiger partial charge in [-0.25, -0.2) is 4.98 Å². The maximum absolute atomic E-state index is 5.58. The highest BCUT2D eigenvalue weighted by atomic mass is 32.1. The third kappa shape index (κ3) is 5.82. The predicted molar refractivity (Wildman–Crippen MR) is 241 cm³/mol. The first-order chi connectivity index (χ1) is 28.3. The van der Waals surface area contributed by atoms with Crippen LogP contribution < -0.4 is 0 Å². The molecule has 10 aromatic rings. The average molecular weight is 771 g/mol. The van der Waals surface area contributed by atoms with Crippen LogP contribution in [-0.4, -0.2) is 18.3 Å². The number of hydrogen-bond acceptors (Lipinski definition) is 5. The number of rotatable bonds is 7. The Bertz CT molecular complexity index is 3060. The van der Waals surface area contributed by atoms with Crippen molar-refractivity contribution >= 4 is 77.8 Å². The Morgan fingerprint density at radius 3 is 1.68 bits per heavy atom. The lowest BCUT2D eigenvalue weighted by Gasteiger charge is -2.26. The van der Waals surface area contributed by atoms with Gasteiger partial charge >= 0.3 is 0 Å². The van der Waals surface area contributed by atoms with E-state index in [0.717, 1.165) is 55.8 Å².